The summed E-state index contributed by atoms with van der Waals surface area (Å²) in [6.07, 6.45) is 8.52. The van der Waals surface area contributed by atoms with Gasteiger partial charge in [-0.1, -0.05) is 19.3 Å². The molecule has 1 aromatic rings. The fourth-order valence-electron chi connectivity index (χ4n) is 3.23. The Balaban J connectivity index is 1.72. The lowest BCUT2D eigenvalue weighted by atomic mass is 9.87. The number of carbonyl (C=O) groups excluding carboxylic acids is 1. The van der Waals surface area contributed by atoms with E-state index < -0.39 is 5.97 Å². The van der Waals surface area contributed by atoms with Crippen molar-refractivity contribution in [3.63, 3.8) is 0 Å². The highest BCUT2D eigenvalue weighted by molar-refractivity contribution is 8.00. The molecular weight excluding hydrogens is 302 g/mol. The number of carboxylic acid groups (broad SMARTS) is 1. The Hall–Kier alpha value is -1.63. The average molecular weight is 321 g/mol. The molecule has 118 valence electrons. The molecule has 2 fully saturated rings. The maximum atomic E-state index is 12.6. The number of hydrogen-bond donors (Lipinski definition) is 1. The SMILES string of the molecule is O=C(O)c1cnc(C(=O)N2CCSC3(CCCCC3)C2)cn1. The van der Waals surface area contributed by atoms with Gasteiger partial charge in [0.2, 0.25) is 0 Å². The van der Waals surface area contributed by atoms with Crippen molar-refractivity contribution in [1.82, 2.24) is 14.9 Å². The van der Waals surface area contributed by atoms with Crippen LogP contribution >= 0.6 is 11.8 Å². The van der Waals surface area contributed by atoms with Gasteiger partial charge in [0.15, 0.2) is 5.69 Å². The summed E-state index contributed by atoms with van der Waals surface area (Å²) in [7, 11) is 0. The largest absolute Gasteiger partial charge is 0.476 e. The van der Waals surface area contributed by atoms with Crippen LogP contribution < -0.4 is 0 Å². The quantitative estimate of drug-likeness (QED) is 0.898. The van der Waals surface area contributed by atoms with Crippen LogP contribution in [0.1, 0.15) is 53.1 Å². The number of carboxylic acids is 1. The minimum atomic E-state index is -1.14. The molecule has 0 unspecified atom stereocenters. The lowest BCUT2D eigenvalue weighted by Gasteiger charge is -2.44. The number of hydrogen-bond acceptors (Lipinski definition) is 5. The van der Waals surface area contributed by atoms with Gasteiger partial charge in [-0.2, -0.15) is 11.8 Å². The molecule has 1 aromatic heterocycles. The van der Waals surface area contributed by atoms with E-state index in [0.717, 1.165) is 18.5 Å². The second-order valence-electron chi connectivity index (χ2n) is 5.91. The number of aromatic carboxylic acids is 1. The van der Waals surface area contributed by atoms with Crippen LogP contribution in [0.3, 0.4) is 0 Å². The standard InChI is InChI=1S/C15H19N3O3S/c19-13(11-8-17-12(9-16-11)14(20)21)18-6-7-22-15(10-18)4-2-1-3-5-15/h8-9H,1-7,10H2,(H,20,21). The van der Waals surface area contributed by atoms with E-state index in [0.29, 0.717) is 6.54 Å². The van der Waals surface area contributed by atoms with Crippen LogP contribution in [-0.2, 0) is 0 Å². The van der Waals surface area contributed by atoms with Crippen LogP contribution in [0.25, 0.3) is 0 Å². The minimum Gasteiger partial charge on any atom is -0.476 e. The van der Waals surface area contributed by atoms with Crippen molar-refractivity contribution >= 4 is 23.6 Å². The number of amides is 1. The summed E-state index contributed by atoms with van der Waals surface area (Å²) in [6, 6.07) is 0. The predicted octanol–water partition coefficient (Wildman–Crippen LogP) is 2.07. The number of rotatable bonds is 2. The molecule has 2 heterocycles. The third-order valence-electron chi connectivity index (χ3n) is 4.39. The normalized spacial score (nSPS) is 20.8. The first kappa shape index (κ1) is 15.3. The molecular formula is C15H19N3O3S. The number of nitrogens with zero attached hydrogens (tertiary/aromatic N) is 3. The summed E-state index contributed by atoms with van der Waals surface area (Å²) in [5.74, 6) is -0.330. The average Bonchev–Trinajstić information content (AvgIpc) is 2.55. The Morgan fingerprint density at radius 2 is 1.82 bits per heavy atom. The minimum absolute atomic E-state index is 0.144. The monoisotopic (exact) mass is 321 g/mol. The molecule has 7 heteroatoms. The van der Waals surface area contributed by atoms with Crippen LogP contribution in [-0.4, -0.2) is 55.4 Å². The van der Waals surface area contributed by atoms with Gasteiger partial charge in [-0.15, -0.1) is 0 Å². The second-order valence-corrected chi connectivity index (χ2v) is 7.47. The first-order chi connectivity index (χ1) is 10.6. The lowest BCUT2D eigenvalue weighted by Crippen LogP contribution is -2.50. The van der Waals surface area contributed by atoms with Crippen molar-refractivity contribution in [2.45, 2.75) is 36.9 Å². The molecule has 1 spiro atoms. The molecule has 1 N–H and O–H groups in total. The van der Waals surface area contributed by atoms with E-state index in [1.807, 2.05) is 16.7 Å². The van der Waals surface area contributed by atoms with Gasteiger partial charge in [-0.05, 0) is 12.8 Å². The maximum Gasteiger partial charge on any atom is 0.356 e. The molecule has 0 atom stereocenters. The Bertz CT molecular complexity index is 564. The van der Waals surface area contributed by atoms with Crippen molar-refractivity contribution < 1.29 is 14.7 Å². The first-order valence-electron chi connectivity index (χ1n) is 7.58. The molecule has 1 saturated carbocycles. The summed E-state index contributed by atoms with van der Waals surface area (Å²) >= 11 is 2.00. The van der Waals surface area contributed by atoms with Crippen molar-refractivity contribution in [2.75, 3.05) is 18.8 Å². The molecule has 6 nitrogen and oxygen atoms in total. The molecule has 1 aliphatic heterocycles. The molecule has 2 aliphatic rings. The van der Waals surface area contributed by atoms with Crippen LogP contribution in [0.2, 0.25) is 0 Å². The number of aromatic nitrogens is 2. The Labute approximate surface area is 133 Å². The van der Waals surface area contributed by atoms with Crippen LogP contribution in [0, 0.1) is 0 Å². The van der Waals surface area contributed by atoms with Crippen molar-refractivity contribution in [3.8, 4) is 0 Å². The van der Waals surface area contributed by atoms with Gasteiger partial charge in [0, 0.05) is 23.6 Å². The van der Waals surface area contributed by atoms with Crippen molar-refractivity contribution in [3.05, 3.63) is 23.8 Å². The molecule has 0 aromatic carbocycles. The fraction of sp³-hybridized carbons (Fsp3) is 0.600. The number of thioether (sulfide) groups is 1. The molecule has 0 bridgehead atoms. The van der Waals surface area contributed by atoms with Gasteiger partial charge in [-0.25, -0.2) is 14.8 Å². The van der Waals surface area contributed by atoms with E-state index in [-0.39, 0.29) is 22.0 Å². The molecule has 1 aliphatic carbocycles. The summed E-state index contributed by atoms with van der Waals surface area (Å²) in [6.45, 7) is 1.48. The maximum absolute atomic E-state index is 12.6. The van der Waals surface area contributed by atoms with Crippen LogP contribution in [0.4, 0.5) is 0 Å². The molecule has 1 saturated heterocycles. The third-order valence-corrected chi connectivity index (χ3v) is 5.93. The fourth-order valence-corrected chi connectivity index (χ4v) is 4.80. The van der Waals surface area contributed by atoms with Crippen LogP contribution in [0.5, 0.6) is 0 Å². The zero-order valence-electron chi connectivity index (χ0n) is 12.3. The molecule has 22 heavy (non-hydrogen) atoms. The summed E-state index contributed by atoms with van der Waals surface area (Å²) in [5, 5.41) is 8.83. The van der Waals surface area contributed by atoms with E-state index in [9.17, 15) is 9.59 Å². The van der Waals surface area contributed by atoms with E-state index in [1.54, 1.807) is 0 Å². The van der Waals surface area contributed by atoms with Crippen molar-refractivity contribution in [1.29, 1.82) is 0 Å². The summed E-state index contributed by atoms with van der Waals surface area (Å²) in [5.41, 5.74) is 0.0809. The highest BCUT2D eigenvalue weighted by Gasteiger charge is 2.39. The summed E-state index contributed by atoms with van der Waals surface area (Å²) in [4.78, 5) is 33.0. The Morgan fingerprint density at radius 1 is 1.14 bits per heavy atom. The van der Waals surface area contributed by atoms with Gasteiger partial charge in [-0.3, -0.25) is 4.79 Å². The third kappa shape index (κ3) is 3.09. The number of carbonyl (C=O) groups is 2. The molecule has 3 rings (SSSR count). The molecule has 0 radical (unpaired) electrons. The lowest BCUT2D eigenvalue weighted by molar-refractivity contribution is 0.0683. The highest BCUT2D eigenvalue weighted by Crippen LogP contribution is 2.42. The van der Waals surface area contributed by atoms with Gasteiger partial charge in [0.25, 0.3) is 5.91 Å². The Kier molecular flexibility index (Phi) is 4.33. The zero-order chi connectivity index (χ0) is 15.6. The molecule has 1 amide bonds. The van der Waals surface area contributed by atoms with Crippen molar-refractivity contribution in [2.24, 2.45) is 0 Å². The second kappa shape index (κ2) is 6.24. The highest BCUT2D eigenvalue weighted by atomic mass is 32.2. The van der Waals surface area contributed by atoms with Gasteiger partial charge in [0.05, 0.1) is 12.4 Å². The van der Waals surface area contributed by atoms with E-state index in [1.165, 1.54) is 38.3 Å². The topological polar surface area (TPSA) is 83.4 Å². The Morgan fingerprint density at radius 3 is 2.45 bits per heavy atom. The predicted molar refractivity (Wildman–Crippen MR) is 83.2 cm³/mol. The first-order valence-corrected chi connectivity index (χ1v) is 8.57. The van der Waals surface area contributed by atoms with E-state index in [4.69, 9.17) is 5.11 Å². The van der Waals surface area contributed by atoms with Gasteiger partial charge >= 0.3 is 5.97 Å². The smallest absolute Gasteiger partial charge is 0.356 e. The van der Waals surface area contributed by atoms with E-state index >= 15 is 0 Å². The van der Waals surface area contributed by atoms with E-state index in [2.05, 4.69) is 9.97 Å². The summed E-state index contributed by atoms with van der Waals surface area (Å²) < 4.78 is 0.209. The van der Waals surface area contributed by atoms with Crippen LogP contribution in [0.15, 0.2) is 12.4 Å². The van der Waals surface area contributed by atoms with Gasteiger partial charge in [0.1, 0.15) is 5.69 Å². The van der Waals surface area contributed by atoms with Gasteiger partial charge < -0.3 is 10.0 Å². The zero-order valence-corrected chi connectivity index (χ0v) is 13.1.